The lowest BCUT2D eigenvalue weighted by Gasteiger charge is -2.25. The van der Waals surface area contributed by atoms with Crippen molar-refractivity contribution in [2.45, 2.75) is 44.4 Å². The molecule has 4 rings (SSSR count). The Morgan fingerprint density at radius 1 is 1.18 bits per heavy atom. The number of aryl methyl sites for hydroxylation is 1. The molecule has 2 aromatic carbocycles. The van der Waals surface area contributed by atoms with E-state index in [1.54, 1.807) is 30.3 Å². The second-order valence-electron chi connectivity index (χ2n) is 8.11. The van der Waals surface area contributed by atoms with Crippen molar-refractivity contribution in [3.05, 3.63) is 63.8 Å². The van der Waals surface area contributed by atoms with Crippen LogP contribution in [0.25, 0.3) is 10.9 Å². The van der Waals surface area contributed by atoms with Crippen LogP contribution in [0, 0.1) is 0 Å². The summed E-state index contributed by atoms with van der Waals surface area (Å²) in [5.74, 6) is -0.635. The number of aromatic amines is 1. The number of benzene rings is 2. The first-order valence-electron chi connectivity index (χ1n) is 10.6. The van der Waals surface area contributed by atoms with Crippen molar-refractivity contribution >= 4 is 28.5 Å². The van der Waals surface area contributed by atoms with Crippen LogP contribution >= 0.6 is 11.6 Å². The molecule has 9 heteroatoms. The van der Waals surface area contributed by atoms with Crippen LogP contribution in [0.15, 0.2) is 36.4 Å². The molecule has 0 spiro atoms. The summed E-state index contributed by atoms with van der Waals surface area (Å²) < 4.78 is 52.3. The summed E-state index contributed by atoms with van der Waals surface area (Å²) in [6.07, 6.45) is -3.09. The van der Waals surface area contributed by atoms with Crippen molar-refractivity contribution < 1.29 is 32.5 Å². The van der Waals surface area contributed by atoms with Crippen LogP contribution in [0.2, 0.25) is 5.02 Å². The van der Waals surface area contributed by atoms with Gasteiger partial charge in [-0.3, -0.25) is 4.79 Å². The van der Waals surface area contributed by atoms with Crippen LogP contribution in [0.5, 0.6) is 5.75 Å². The lowest BCUT2D eigenvalue weighted by atomic mass is 9.87. The molecule has 0 bridgehead atoms. The minimum atomic E-state index is -4.45. The molecule has 1 aliphatic rings. The predicted octanol–water partition coefficient (Wildman–Crippen LogP) is 6.33. The average molecular weight is 482 g/mol. The number of carboxylic acid groups (broad SMARTS) is 1. The molecule has 176 valence electrons. The van der Waals surface area contributed by atoms with E-state index in [9.17, 15) is 18.0 Å². The SMILES string of the molecule is O=C(O)CCc1[nH]c2ccc(OCc3ccc(C4CCOCC4)c(C(F)(F)F)c3)cc2c1Cl. The van der Waals surface area contributed by atoms with Crippen LogP contribution in [-0.4, -0.2) is 29.3 Å². The number of fused-ring (bicyclic) bond motifs is 1. The highest BCUT2D eigenvalue weighted by Gasteiger charge is 2.36. The van der Waals surface area contributed by atoms with Gasteiger partial charge in [-0.1, -0.05) is 23.7 Å². The first-order valence-corrected chi connectivity index (χ1v) is 11.0. The van der Waals surface area contributed by atoms with Crippen molar-refractivity contribution in [2.24, 2.45) is 0 Å². The molecule has 3 aromatic rings. The van der Waals surface area contributed by atoms with Gasteiger partial charge in [0.1, 0.15) is 12.4 Å². The van der Waals surface area contributed by atoms with Gasteiger partial charge in [-0.05, 0) is 60.6 Å². The Hall–Kier alpha value is -2.71. The Morgan fingerprint density at radius 2 is 1.94 bits per heavy atom. The van der Waals surface area contributed by atoms with Crippen molar-refractivity contribution in [3.8, 4) is 5.75 Å². The Bertz CT molecular complexity index is 1150. The molecule has 0 atom stereocenters. The first kappa shape index (κ1) is 23.4. The number of nitrogens with one attached hydrogen (secondary N) is 1. The molecule has 2 N–H and O–H groups in total. The molecule has 1 aromatic heterocycles. The molecule has 0 unspecified atom stereocenters. The standard InChI is InChI=1S/C24H23ClF3NO4/c25-23-18-12-16(2-4-20(18)29-21(23)5-6-22(30)31)33-13-14-1-3-17(15-7-9-32-10-8-15)19(11-14)24(26,27)28/h1-4,11-12,15,29H,5-10,13H2,(H,30,31). The molecular weight excluding hydrogens is 459 g/mol. The summed E-state index contributed by atoms with van der Waals surface area (Å²) in [6, 6.07) is 9.52. The van der Waals surface area contributed by atoms with E-state index in [1.165, 1.54) is 0 Å². The maximum Gasteiger partial charge on any atom is 0.416 e. The van der Waals surface area contributed by atoms with Gasteiger partial charge in [0.25, 0.3) is 0 Å². The van der Waals surface area contributed by atoms with Crippen molar-refractivity contribution in [2.75, 3.05) is 13.2 Å². The molecular formula is C24H23ClF3NO4. The number of alkyl halides is 3. The van der Waals surface area contributed by atoms with Gasteiger partial charge in [-0.25, -0.2) is 0 Å². The Labute approximate surface area is 193 Å². The van der Waals surface area contributed by atoms with E-state index in [2.05, 4.69) is 4.98 Å². The zero-order valence-electron chi connectivity index (χ0n) is 17.7. The molecule has 1 aliphatic heterocycles. The van der Waals surface area contributed by atoms with Crippen LogP contribution < -0.4 is 4.74 Å². The average Bonchev–Trinajstić information content (AvgIpc) is 3.11. The topological polar surface area (TPSA) is 71.5 Å². The molecule has 0 aliphatic carbocycles. The fraction of sp³-hybridized carbons (Fsp3) is 0.375. The number of aliphatic carboxylic acids is 1. The van der Waals surface area contributed by atoms with Crippen LogP contribution in [0.1, 0.15) is 47.6 Å². The molecule has 5 nitrogen and oxygen atoms in total. The summed E-state index contributed by atoms with van der Waals surface area (Å²) in [5.41, 5.74) is 1.45. The molecule has 0 saturated carbocycles. The molecule has 1 saturated heterocycles. The molecule has 0 amide bonds. The number of halogens is 4. The van der Waals surface area contributed by atoms with Gasteiger partial charge in [0.05, 0.1) is 17.0 Å². The fourth-order valence-electron chi connectivity index (χ4n) is 4.16. The highest BCUT2D eigenvalue weighted by molar-refractivity contribution is 6.36. The van der Waals surface area contributed by atoms with Gasteiger partial charge in [0.15, 0.2) is 0 Å². The third-order valence-corrected chi connectivity index (χ3v) is 6.29. The quantitative estimate of drug-likeness (QED) is 0.413. The van der Waals surface area contributed by atoms with E-state index in [0.717, 1.165) is 11.6 Å². The second-order valence-corrected chi connectivity index (χ2v) is 8.49. The summed E-state index contributed by atoms with van der Waals surface area (Å²) in [4.78, 5) is 13.9. The maximum atomic E-state index is 13.8. The number of carbonyl (C=O) groups is 1. The Morgan fingerprint density at radius 3 is 2.64 bits per heavy atom. The smallest absolute Gasteiger partial charge is 0.416 e. The maximum absolute atomic E-state index is 13.8. The lowest BCUT2D eigenvalue weighted by Crippen LogP contribution is -2.19. The van der Waals surface area contributed by atoms with Gasteiger partial charge in [-0.2, -0.15) is 13.2 Å². The number of rotatable bonds is 7. The molecule has 0 radical (unpaired) electrons. The zero-order chi connectivity index (χ0) is 23.6. The number of ether oxygens (including phenoxy) is 2. The largest absolute Gasteiger partial charge is 0.489 e. The van der Waals surface area contributed by atoms with E-state index in [4.69, 9.17) is 26.2 Å². The van der Waals surface area contributed by atoms with Gasteiger partial charge in [0, 0.05) is 29.8 Å². The highest BCUT2D eigenvalue weighted by atomic mass is 35.5. The number of aromatic nitrogens is 1. The fourth-order valence-corrected chi connectivity index (χ4v) is 4.46. The number of H-pyrrole nitrogens is 1. The van der Waals surface area contributed by atoms with Crippen LogP contribution in [0.4, 0.5) is 13.2 Å². The summed E-state index contributed by atoms with van der Waals surface area (Å²) in [6.45, 7) is 0.903. The normalized spacial score (nSPS) is 15.2. The molecule has 2 heterocycles. The van der Waals surface area contributed by atoms with E-state index in [1.807, 2.05) is 0 Å². The summed E-state index contributed by atoms with van der Waals surface area (Å²) in [7, 11) is 0. The number of hydrogen-bond donors (Lipinski definition) is 2. The van der Waals surface area contributed by atoms with Crippen molar-refractivity contribution in [1.29, 1.82) is 0 Å². The Balaban J connectivity index is 1.52. The minimum Gasteiger partial charge on any atom is -0.489 e. The monoisotopic (exact) mass is 481 g/mol. The second kappa shape index (κ2) is 9.65. The van der Waals surface area contributed by atoms with Gasteiger partial charge in [-0.15, -0.1) is 0 Å². The third-order valence-electron chi connectivity index (χ3n) is 5.86. The van der Waals surface area contributed by atoms with Gasteiger partial charge < -0.3 is 19.6 Å². The van der Waals surface area contributed by atoms with Gasteiger partial charge >= 0.3 is 12.1 Å². The van der Waals surface area contributed by atoms with E-state index >= 15 is 0 Å². The van der Waals surface area contributed by atoms with Crippen molar-refractivity contribution in [1.82, 2.24) is 4.98 Å². The van der Waals surface area contributed by atoms with Crippen molar-refractivity contribution in [3.63, 3.8) is 0 Å². The van der Waals surface area contributed by atoms with E-state index < -0.39 is 17.7 Å². The van der Waals surface area contributed by atoms with E-state index in [0.29, 0.717) is 59.0 Å². The number of carboxylic acids is 1. The lowest BCUT2D eigenvalue weighted by molar-refractivity contribution is -0.139. The van der Waals surface area contributed by atoms with Gasteiger partial charge in [0.2, 0.25) is 0 Å². The van der Waals surface area contributed by atoms with E-state index in [-0.39, 0.29) is 25.4 Å². The highest BCUT2D eigenvalue weighted by Crippen LogP contribution is 2.39. The zero-order valence-corrected chi connectivity index (χ0v) is 18.4. The minimum absolute atomic E-state index is 0.0312. The molecule has 1 fully saturated rings. The molecule has 33 heavy (non-hydrogen) atoms. The van der Waals surface area contributed by atoms with Crippen LogP contribution in [-0.2, 0) is 28.7 Å². The Kier molecular flexibility index (Phi) is 6.86. The predicted molar refractivity (Wildman–Crippen MR) is 118 cm³/mol. The summed E-state index contributed by atoms with van der Waals surface area (Å²) in [5, 5.41) is 9.95. The third kappa shape index (κ3) is 5.45. The summed E-state index contributed by atoms with van der Waals surface area (Å²) >= 11 is 6.38. The first-order chi connectivity index (χ1) is 15.7. The van der Waals surface area contributed by atoms with Crippen LogP contribution in [0.3, 0.4) is 0 Å². The number of hydrogen-bond acceptors (Lipinski definition) is 3.